The van der Waals surface area contributed by atoms with Crippen molar-refractivity contribution in [3.63, 3.8) is 0 Å². The summed E-state index contributed by atoms with van der Waals surface area (Å²) >= 11 is 0. The summed E-state index contributed by atoms with van der Waals surface area (Å²) in [5, 5.41) is 11.6. The zero-order valence-electron chi connectivity index (χ0n) is 14.9. The van der Waals surface area contributed by atoms with Crippen molar-refractivity contribution in [2.24, 2.45) is 11.8 Å². The molecule has 1 aliphatic carbocycles. The number of hydrogen-bond donors (Lipinski definition) is 1. The molecule has 5 rings (SSSR count). The number of ether oxygens (including phenoxy) is 1. The van der Waals surface area contributed by atoms with Gasteiger partial charge in [-0.05, 0) is 63.1 Å². The largest absolute Gasteiger partial charge is 0.382 e. The molecule has 3 aliphatic heterocycles. The highest BCUT2D eigenvalue weighted by atomic mass is 16.5. The topological polar surface area (TPSA) is 32.7 Å². The maximum Gasteiger partial charge on any atom is 0.116 e. The lowest BCUT2D eigenvalue weighted by atomic mass is 9.79. The summed E-state index contributed by atoms with van der Waals surface area (Å²) in [5.74, 6) is 1.00. The summed E-state index contributed by atoms with van der Waals surface area (Å²) in [4.78, 5) is 2.56. The van der Waals surface area contributed by atoms with Crippen LogP contribution in [-0.4, -0.2) is 41.8 Å². The third-order valence-corrected chi connectivity index (χ3v) is 6.89. The minimum absolute atomic E-state index is 0.282. The van der Waals surface area contributed by atoms with Crippen molar-refractivity contribution in [1.29, 1.82) is 0 Å². The normalized spacial score (nSPS) is 35.9. The van der Waals surface area contributed by atoms with Gasteiger partial charge in [0.15, 0.2) is 0 Å². The fraction of sp³-hybridized carbons (Fsp3) is 0.714. The van der Waals surface area contributed by atoms with Crippen LogP contribution >= 0.6 is 0 Å². The molecule has 3 unspecified atom stereocenters. The van der Waals surface area contributed by atoms with Gasteiger partial charge in [-0.15, -0.1) is 0 Å². The molecule has 0 aromatic heterocycles. The number of fused-ring (bicyclic) bond motifs is 3. The molecule has 3 nitrogen and oxygen atoms in total. The Morgan fingerprint density at radius 2 is 1.75 bits per heavy atom. The van der Waals surface area contributed by atoms with Crippen LogP contribution in [-0.2, 0) is 10.3 Å². The lowest BCUT2D eigenvalue weighted by Gasteiger charge is -2.50. The van der Waals surface area contributed by atoms with E-state index in [1.165, 1.54) is 38.8 Å². The van der Waals surface area contributed by atoms with Crippen LogP contribution in [0.3, 0.4) is 0 Å². The fourth-order valence-corrected chi connectivity index (χ4v) is 5.32. The summed E-state index contributed by atoms with van der Waals surface area (Å²) < 4.78 is 6.47. The molecular weight excluding hydrogens is 298 g/mol. The highest BCUT2D eigenvalue weighted by molar-refractivity contribution is 5.24. The minimum atomic E-state index is -0.830. The van der Waals surface area contributed by atoms with E-state index in [1.807, 2.05) is 18.2 Å². The molecule has 1 aromatic carbocycles. The number of benzene rings is 1. The van der Waals surface area contributed by atoms with Gasteiger partial charge in [0, 0.05) is 6.04 Å². The number of piperidine rings is 3. The van der Waals surface area contributed by atoms with Gasteiger partial charge in [0.25, 0.3) is 0 Å². The molecule has 3 heteroatoms. The number of nitrogens with zero attached hydrogens (tertiary/aromatic N) is 1. The molecule has 1 aromatic rings. The van der Waals surface area contributed by atoms with E-state index in [-0.39, 0.29) is 6.10 Å². The maximum absolute atomic E-state index is 11.6. The van der Waals surface area contributed by atoms with E-state index in [1.54, 1.807) is 0 Å². The number of hydrogen-bond acceptors (Lipinski definition) is 3. The van der Waals surface area contributed by atoms with Gasteiger partial charge in [-0.3, -0.25) is 4.90 Å². The van der Waals surface area contributed by atoms with E-state index in [9.17, 15) is 5.11 Å². The molecule has 1 N–H and O–H groups in total. The highest BCUT2D eigenvalue weighted by Crippen LogP contribution is 2.42. The fourth-order valence-electron chi connectivity index (χ4n) is 5.32. The Hall–Kier alpha value is -0.900. The first kappa shape index (κ1) is 16.6. The zero-order valence-corrected chi connectivity index (χ0v) is 14.9. The van der Waals surface area contributed by atoms with Crippen molar-refractivity contribution >= 4 is 0 Å². The summed E-state index contributed by atoms with van der Waals surface area (Å²) in [6.07, 6.45) is 7.48. The summed E-state index contributed by atoms with van der Waals surface area (Å²) in [6.45, 7) is 5.18. The van der Waals surface area contributed by atoms with Gasteiger partial charge >= 0.3 is 0 Å². The highest BCUT2D eigenvalue weighted by Gasteiger charge is 2.44. The van der Waals surface area contributed by atoms with Crippen LogP contribution in [0.25, 0.3) is 0 Å². The van der Waals surface area contributed by atoms with Gasteiger partial charge in [0.05, 0.1) is 12.7 Å². The van der Waals surface area contributed by atoms with Gasteiger partial charge < -0.3 is 9.84 Å². The first-order chi connectivity index (χ1) is 11.7. The average molecular weight is 329 g/mol. The van der Waals surface area contributed by atoms with Crippen molar-refractivity contribution in [1.82, 2.24) is 4.90 Å². The van der Waals surface area contributed by atoms with Crippen LogP contribution < -0.4 is 0 Å². The molecule has 3 saturated heterocycles. The molecule has 0 amide bonds. The molecule has 4 fully saturated rings. The molecule has 4 aliphatic rings. The van der Waals surface area contributed by atoms with Gasteiger partial charge in [0.2, 0.25) is 0 Å². The Kier molecular flexibility index (Phi) is 4.68. The lowest BCUT2D eigenvalue weighted by molar-refractivity contribution is -0.160. The molecular formula is C21H31NO2. The Morgan fingerprint density at radius 1 is 1.08 bits per heavy atom. The van der Waals surface area contributed by atoms with Crippen LogP contribution in [0.5, 0.6) is 0 Å². The molecule has 1 saturated carbocycles. The molecule has 3 heterocycles. The first-order valence-corrected chi connectivity index (χ1v) is 9.82. The van der Waals surface area contributed by atoms with Gasteiger partial charge in [-0.25, -0.2) is 0 Å². The van der Waals surface area contributed by atoms with Crippen LogP contribution in [0.15, 0.2) is 30.3 Å². The quantitative estimate of drug-likeness (QED) is 0.896. The van der Waals surface area contributed by atoms with Gasteiger partial charge in [-0.1, -0.05) is 43.2 Å². The first-order valence-electron chi connectivity index (χ1n) is 9.82. The van der Waals surface area contributed by atoms with Crippen molar-refractivity contribution in [3.8, 4) is 0 Å². The van der Waals surface area contributed by atoms with Crippen molar-refractivity contribution < 1.29 is 9.84 Å². The SMILES string of the molecule is CC1C(OCC(O)(c2ccccc2)C2CCCC2)C2CCN1CC2. The maximum atomic E-state index is 11.6. The smallest absolute Gasteiger partial charge is 0.116 e. The van der Waals surface area contributed by atoms with Crippen LogP contribution in [0.2, 0.25) is 0 Å². The Balaban J connectivity index is 1.52. The molecule has 24 heavy (non-hydrogen) atoms. The van der Waals surface area contributed by atoms with Crippen LogP contribution in [0, 0.1) is 11.8 Å². The van der Waals surface area contributed by atoms with Crippen molar-refractivity contribution in [2.75, 3.05) is 19.7 Å². The van der Waals surface area contributed by atoms with E-state index in [2.05, 4.69) is 24.0 Å². The molecule has 0 radical (unpaired) electrons. The molecule has 2 bridgehead atoms. The number of rotatable bonds is 5. The van der Waals surface area contributed by atoms with Crippen LogP contribution in [0.1, 0.15) is 51.0 Å². The second-order valence-corrected chi connectivity index (χ2v) is 8.16. The van der Waals surface area contributed by atoms with Gasteiger partial charge in [-0.2, -0.15) is 0 Å². The second-order valence-electron chi connectivity index (χ2n) is 8.16. The second kappa shape index (κ2) is 6.78. The standard InChI is InChI=1S/C21H31NO2/c1-16-20(17-11-13-22(16)14-12-17)24-15-21(23,19-9-5-6-10-19)18-7-3-2-4-8-18/h2-4,7-8,16-17,19-20,23H,5-6,9-15H2,1H3. The van der Waals surface area contributed by atoms with E-state index in [0.29, 0.717) is 24.5 Å². The number of aliphatic hydroxyl groups is 1. The Morgan fingerprint density at radius 3 is 2.38 bits per heavy atom. The Bertz CT molecular complexity index is 532. The lowest BCUT2D eigenvalue weighted by Crippen LogP contribution is -2.58. The van der Waals surface area contributed by atoms with Gasteiger partial charge in [0.1, 0.15) is 5.60 Å². The minimum Gasteiger partial charge on any atom is -0.382 e. The monoisotopic (exact) mass is 329 g/mol. The third-order valence-electron chi connectivity index (χ3n) is 6.89. The summed E-state index contributed by atoms with van der Waals surface area (Å²) in [5.41, 5.74) is 0.203. The van der Waals surface area contributed by atoms with Crippen molar-refractivity contribution in [3.05, 3.63) is 35.9 Å². The van der Waals surface area contributed by atoms with E-state index in [4.69, 9.17) is 4.74 Å². The molecule has 0 spiro atoms. The summed E-state index contributed by atoms with van der Waals surface area (Å²) in [6, 6.07) is 10.7. The van der Waals surface area contributed by atoms with Crippen LogP contribution in [0.4, 0.5) is 0 Å². The zero-order chi connectivity index (χ0) is 16.6. The van der Waals surface area contributed by atoms with E-state index < -0.39 is 5.60 Å². The van der Waals surface area contributed by atoms with E-state index >= 15 is 0 Å². The third kappa shape index (κ3) is 2.91. The predicted octanol–water partition coefficient (Wildman–Crippen LogP) is 3.56. The van der Waals surface area contributed by atoms with E-state index in [0.717, 1.165) is 18.4 Å². The Labute approximate surface area is 146 Å². The summed E-state index contributed by atoms with van der Waals surface area (Å²) in [7, 11) is 0. The van der Waals surface area contributed by atoms with Crippen molar-refractivity contribution in [2.45, 2.75) is 63.2 Å². The molecule has 132 valence electrons. The average Bonchev–Trinajstić information content (AvgIpc) is 3.18. The predicted molar refractivity (Wildman–Crippen MR) is 95.8 cm³/mol. The molecule has 3 atom stereocenters.